The Kier molecular flexibility index (Phi) is 4.95. The van der Waals surface area contributed by atoms with E-state index in [1.54, 1.807) is 42.5 Å². The van der Waals surface area contributed by atoms with E-state index >= 15 is 0 Å². The van der Waals surface area contributed by atoms with Crippen molar-refractivity contribution in [2.75, 3.05) is 0 Å². The van der Waals surface area contributed by atoms with Crippen LogP contribution in [0.5, 0.6) is 0 Å². The first-order valence-electron chi connectivity index (χ1n) is 7.55. The molecular weight excluding hydrogens is 343 g/mol. The summed E-state index contributed by atoms with van der Waals surface area (Å²) < 4.78 is 14.7. The molecule has 0 aliphatic carbocycles. The molecule has 2 aromatic carbocycles. The molecule has 0 aliphatic rings. The molecule has 0 bridgehead atoms. The number of aromatic nitrogens is 1. The van der Waals surface area contributed by atoms with E-state index in [4.69, 9.17) is 11.6 Å². The van der Waals surface area contributed by atoms with Crippen LogP contribution in [0.4, 0.5) is 4.39 Å². The fourth-order valence-corrected chi connectivity index (χ4v) is 2.60. The largest absolute Gasteiger partial charge is 0.618 e. The van der Waals surface area contributed by atoms with Crippen molar-refractivity contribution in [3.63, 3.8) is 0 Å². The molecule has 3 rings (SSSR count). The van der Waals surface area contributed by atoms with Crippen molar-refractivity contribution in [1.29, 1.82) is 0 Å². The van der Waals surface area contributed by atoms with Crippen LogP contribution in [-0.2, 0) is 6.54 Å². The van der Waals surface area contributed by atoms with Crippen molar-refractivity contribution < 1.29 is 13.9 Å². The highest BCUT2D eigenvalue weighted by atomic mass is 35.5. The third-order valence-corrected chi connectivity index (χ3v) is 3.94. The lowest BCUT2D eigenvalue weighted by molar-refractivity contribution is -0.614. The van der Waals surface area contributed by atoms with Crippen molar-refractivity contribution >= 4 is 17.5 Å². The molecular formula is C19H14ClFN2O2. The summed E-state index contributed by atoms with van der Waals surface area (Å²) >= 11 is 5.98. The molecule has 4 nitrogen and oxygen atoms in total. The van der Waals surface area contributed by atoms with Crippen molar-refractivity contribution in [3.8, 4) is 11.1 Å². The highest BCUT2D eigenvalue weighted by Gasteiger charge is 2.14. The monoisotopic (exact) mass is 356 g/mol. The molecule has 25 heavy (non-hydrogen) atoms. The van der Waals surface area contributed by atoms with Crippen LogP contribution < -0.4 is 10.0 Å². The molecule has 0 saturated carbocycles. The maximum Gasteiger partial charge on any atom is 0.254 e. The van der Waals surface area contributed by atoms with Gasteiger partial charge in [-0.3, -0.25) is 4.79 Å². The Bertz CT molecular complexity index is 931. The van der Waals surface area contributed by atoms with Crippen LogP contribution in [-0.4, -0.2) is 5.91 Å². The van der Waals surface area contributed by atoms with Gasteiger partial charge in [-0.2, -0.15) is 4.73 Å². The number of nitrogens with one attached hydrogen (secondary N) is 1. The number of amides is 1. The second kappa shape index (κ2) is 7.32. The van der Waals surface area contributed by atoms with Crippen molar-refractivity contribution in [2.45, 2.75) is 6.54 Å². The summed E-state index contributed by atoms with van der Waals surface area (Å²) in [6, 6.07) is 16.2. The van der Waals surface area contributed by atoms with Crippen molar-refractivity contribution in [1.82, 2.24) is 5.32 Å². The maximum atomic E-state index is 14.1. The molecule has 1 heterocycles. The minimum absolute atomic E-state index is 0.00397. The van der Waals surface area contributed by atoms with E-state index in [-0.39, 0.29) is 12.1 Å². The van der Waals surface area contributed by atoms with E-state index in [1.807, 2.05) is 6.07 Å². The van der Waals surface area contributed by atoms with Gasteiger partial charge in [-0.1, -0.05) is 29.8 Å². The zero-order valence-corrected chi connectivity index (χ0v) is 13.8. The van der Waals surface area contributed by atoms with Gasteiger partial charge in [-0.15, -0.1) is 0 Å². The maximum absolute atomic E-state index is 14.1. The Hall–Kier alpha value is -2.92. The molecule has 0 unspecified atom stereocenters. The van der Waals surface area contributed by atoms with E-state index in [9.17, 15) is 14.4 Å². The quantitative estimate of drug-likeness (QED) is 0.572. The normalized spacial score (nSPS) is 10.5. The van der Waals surface area contributed by atoms with Gasteiger partial charge in [0.25, 0.3) is 5.91 Å². The number of hydrogen-bond acceptors (Lipinski definition) is 2. The van der Waals surface area contributed by atoms with Gasteiger partial charge < -0.3 is 10.5 Å². The first-order valence-corrected chi connectivity index (χ1v) is 7.93. The molecule has 0 aliphatic heterocycles. The lowest BCUT2D eigenvalue weighted by Gasteiger charge is -2.09. The fourth-order valence-electron chi connectivity index (χ4n) is 2.41. The van der Waals surface area contributed by atoms with E-state index < -0.39 is 11.7 Å². The molecule has 0 saturated heterocycles. The minimum Gasteiger partial charge on any atom is -0.618 e. The molecule has 1 N–H and O–H groups in total. The second-order valence-electron chi connectivity index (χ2n) is 5.41. The first kappa shape index (κ1) is 16.9. The topological polar surface area (TPSA) is 56.0 Å². The predicted molar refractivity (Wildman–Crippen MR) is 93.4 cm³/mol. The highest BCUT2D eigenvalue weighted by molar-refractivity contribution is 6.30. The summed E-state index contributed by atoms with van der Waals surface area (Å²) in [7, 11) is 0. The zero-order chi connectivity index (χ0) is 17.8. The molecule has 0 fully saturated rings. The van der Waals surface area contributed by atoms with Crippen LogP contribution >= 0.6 is 11.6 Å². The number of carbonyl (C=O) groups is 1. The number of nitrogens with zero attached hydrogens (tertiary/aromatic N) is 1. The van der Waals surface area contributed by atoms with Gasteiger partial charge in [0, 0.05) is 17.2 Å². The van der Waals surface area contributed by atoms with Crippen LogP contribution in [0.3, 0.4) is 0 Å². The number of pyridine rings is 1. The Balaban J connectivity index is 1.83. The van der Waals surface area contributed by atoms with Gasteiger partial charge >= 0.3 is 0 Å². The lowest BCUT2D eigenvalue weighted by Crippen LogP contribution is -2.35. The Labute approximate surface area is 149 Å². The standard InChI is InChI=1S/C19H14ClFN2O2/c20-15-5-3-4-13(10-15)14-7-8-18(21)17(11-14)19(24)22-12-16-6-1-2-9-23(16)25/h1-11H,12H2,(H,22,24). The third kappa shape index (κ3) is 3.95. The molecule has 6 heteroatoms. The predicted octanol–water partition coefficient (Wildman–Crippen LogP) is 3.71. The highest BCUT2D eigenvalue weighted by Crippen LogP contribution is 2.24. The zero-order valence-electron chi connectivity index (χ0n) is 13.1. The molecule has 1 aromatic heterocycles. The van der Waals surface area contributed by atoms with E-state index in [0.29, 0.717) is 21.0 Å². The van der Waals surface area contributed by atoms with Gasteiger partial charge in [0.15, 0.2) is 6.20 Å². The third-order valence-electron chi connectivity index (χ3n) is 3.70. The van der Waals surface area contributed by atoms with E-state index in [0.717, 1.165) is 5.56 Å². The second-order valence-corrected chi connectivity index (χ2v) is 5.84. The average molecular weight is 357 g/mol. The van der Waals surface area contributed by atoms with Crippen LogP contribution in [0.2, 0.25) is 5.02 Å². The molecule has 0 radical (unpaired) electrons. The number of rotatable bonds is 4. The van der Waals surface area contributed by atoms with Crippen LogP contribution in [0, 0.1) is 11.0 Å². The molecule has 3 aromatic rings. The van der Waals surface area contributed by atoms with Crippen molar-refractivity contribution in [3.05, 3.63) is 94.2 Å². The molecule has 0 atom stereocenters. The number of halogens is 2. The Morgan fingerprint density at radius 1 is 1.08 bits per heavy atom. The van der Waals surface area contributed by atoms with Crippen molar-refractivity contribution in [2.24, 2.45) is 0 Å². The summed E-state index contributed by atoms with van der Waals surface area (Å²) in [5, 5.41) is 14.7. The van der Waals surface area contributed by atoms with Crippen LogP contribution in [0.1, 0.15) is 16.1 Å². The van der Waals surface area contributed by atoms with Gasteiger partial charge in [-0.05, 0) is 41.5 Å². The van der Waals surface area contributed by atoms with Gasteiger partial charge in [0.2, 0.25) is 5.69 Å². The Morgan fingerprint density at radius 2 is 1.88 bits per heavy atom. The molecule has 1 amide bonds. The number of hydrogen-bond donors (Lipinski definition) is 1. The van der Waals surface area contributed by atoms with Gasteiger partial charge in [0.05, 0.1) is 5.56 Å². The summed E-state index contributed by atoms with van der Waals surface area (Å²) in [5.74, 6) is -1.23. The summed E-state index contributed by atoms with van der Waals surface area (Å²) in [4.78, 5) is 12.3. The molecule has 126 valence electrons. The smallest absolute Gasteiger partial charge is 0.254 e. The van der Waals surface area contributed by atoms with E-state index in [2.05, 4.69) is 5.32 Å². The summed E-state index contributed by atoms with van der Waals surface area (Å²) in [6.07, 6.45) is 1.34. The van der Waals surface area contributed by atoms with Crippen LogP contribution in [0.15, 0.2) is 66.9 Å². The summed E-state index contributed by atoms with van der Waals surface area (Å²) in [5.41, 5.74) is 1.72. The van der Waals surface area contributed by atoms with Crippen LogP contribution in [0.25, 0.3) is 11.1 Å². The average Bonchev–Trinajstić information content (AvgIpc) is 2.61. The summed E-state index contributed by atoms with van der Waals surface area (Å²) in [6.45, 7) is 0.00397. The molecule has 0 spiro atoms. The first-order chi connectivity index (χ1) is 12.0. The SMILES string of the molecule is O=C(NCc1cccc[n+]1[O-])c1cc(-c2cccc(Cl)c2)ccc1F. The lowest BCUT2D eigenvalue weighted by atomic mass is 10.0. The fraction of sp³-hybridized carbons (Fsp3) is 0.0526. The minimum atomic E-state index is -0.633. The van der Waals surface area contributed by atoms with E-state index in [1.165, 1.54) is 18.3 Å². The number of carbonyl (C=O) groups excluding carboxylic acids is 1. The van der Waals surface area contributed by atoms with Gasteiger partial charge in [-0.25, -0.2) is 4.39 Å². The van der Waals surface area contributed by atoms with Gasteiger partial charge in [0.1, 0.15) is 12.4 Å². The number of benzene rings is 2. The Morgan fingerprint density at radius 3 is 2.64 bits per heavy atom.